The Bertz CT molecular complexity index is 1710. The van der Waals surface area contributed by atoms with Gasteiger partial charge >= 0.3 is 12.2 Å². The largest absolute Gasteiger partial charge is 0.465 e. The van der Waals surface area contributed by atoms with Crippen molar-refractivity contribution >= 4 is 61.6 Å². The zero-order valence-electron chi connectivity index (χ0n) is 24.6. The lowest BCUT2D eigenvalue weighted by Crippen LogP contribution is -2.46. The number of ether oxygens (including phenoxy) is 1. The minimum absolute atomic E-state index is 0.201. The van der Waals surface area contributed by atoms with E-state index in [1.807, 2.05) is 76.1 Å². The van der Waals surface area contributed by atoms with Crippen LogP contribution in [-0.2, 0) is 4.74 Å². The molecule has 0 fully saturated rings. The quantitative estimate of drug-likeness (QED) is 0.145. The summed E-state index contributed by atoms with van der Waals surface area (Å²) in [6.45, 7) is 13.8. The molecule has 4 N–H and O–H groups in total. The number of carbonyl (C=O) groups is 2. The Kier molecular flexibility index (Phi) is 8.90. The molecule has 0 saturated carbocycles. The number of hydrogen-bond acceptors (Lipinski definition) is 6. The van der Waals surface area contributed by atoms with E-state index in [0.29, 0.717) is 21.5 Å². The number of fused-ring (bicyclic) bond motifs is 2. The van der Waals surface area contributed by atoms with Crippen LogP contribution in [0.25, 0.3) is 33.3 Å². The van der Waals surface area contributed by atoms with E-state index >= 15 is 0 Å². The number of hydrogen-bond donors (Lipinski definition) is 4. The van der Waals surface area contributed by atoms with E-state index < -0.39 is 11.6 Å². The zero-order valence-corrected chi connectivity index (χ0v) is 26.1. The van der Waals surface area contributed by atoms with Crippen molar-refractivity contribution in [3.05, 3.63) is 53.7 Å². The van der Waals surface area contributed by atoms with Gasteiger partial charge in [0.1, 0.15) is 15.6 Å². The molecular weight excluding hydrogens is 604 g/mol. The van der Waals surface area contributed by atoms with Crippen molar-refractivity contribution in [2.75, 3.05) is 10.2 Å². The second-order valence-electron chi connectivity index (χ2n) is 11.2. The number of aromatic amines is 2. The second-order valence-corrected chi connectivity index (χ2v) is 12.0. The smallest absolute Gasteiger partial charge is 0.415 e. The van der Waals surface area contributed by atoms with E-state index in [0.717, 1.165) is 27.8 Å². The number of halogens is 1. The molecule has 0 bridgehead atoms. The molecule has 0 atom stereocenters. The van der Waals surface area contributed by atoms with E-state index in [4.69, 9.17) is 14.8 Å². The number of pyridine rings is 2. The number of carboxylic acid groups (broad SMARTS) is 1. The molecule has 0 aromatic carbocycles. The predicted molar refractivity (Wildman–Crippen MR) is 167 cm³/mol. The third-order valence-corrected chi connectivity index (χ3v) is 6.53. The number of H-pyrrole nitrogens is 2. The van der Waals surface area contributed by atoms with Crippen LogP contribution in [0.2, 0.25) is 0 Å². The Morgan fingerprint density at radius 1 is 1.02 bits per heavy atom. The highest BCUT2D eigenvalue weighted by Gasteiger charge is 2.32. The Balaban J connectivity index is 0.000000241. The van der Waals surface area contributed by atoms with Crippen LogP contribution < -0.4 is 10.2 Å². The van der Waals surface area contributed by atoms with Crippen molar-refractivity contribution in [3.63, 3.8) is 0 Å². The van der Waals surface area contributed by atoms with Gasteiger partial charge < -0.3 is 19.8 Å². The molecule has 5 aromatic rings. The molecule has 0 spiro atoms. The third-order valence-electron chi connectivity index (χ3n) is 6.09. The van der Waals surface area contributed by atoms with Crippen LogP contribution in [0.15, 0.2) is 53.7 Å². The molecule has 42 heavy (non-hydrogen) atoms. The van der Waals surface area contributed by atoms with E-state index in [1.54, 1.807) is 17.2 Å². The van der Waals surface area contributed by atoms with E-state index in [9.17, 15) is 9.59 Å². The number of anilines is 2. The van der Waals surface area contributed by atoms with Gasteiger partial charge in [0.15, 0.2) is 0 Å². The molecule has 0 aliphatic carbocycles. The first-order valence-electron chi connectivity index (χ1n) is 13.4. The highest BCUT2D eigenvalue weighted by atomic mass is 79.9. The number of nitrogens with one attached hydrogen (secondary N) is 3. The average molecular weight is 640 g/mol. The maximum Gasteiger partial charge on any atom is 0.415 e. The summed E-state index contributed by atoms with van der Waals surface area (Å²) in [5.74, 6) is 0. The van der Waals surface area contributed by atoms with Gasteiger partial charge in [0, 0.05) is 35.7 Å². The topological polar surface area (TPSA) is 154 Å². The number of rotatable bonds is 5. The van der Waals surface area contributed by atoms with Gasteiger partial charge in [0.05, 0.1) is 40.4 Å². The summed E-state index contributed by atoms with van der Waals surface area (Å²) in [5.41, 5.74) is 5.41. The van der Waals surface area contributed by atoms with Crippen molar-refractivity contribution in [2.45, 2.75) is 66.2 Å². The first-order valence-corrected chi connectivity index (χ1v) is 14.2. The van der Waals surface area contributed by atoms with Crippen LogP contribution >= 0.6 is 15.9 Å². The molecular formula is C29H35BrN8O4. The normalized spacial score (nSPS) is 11.6. The fourth-order valence-electron chi connectivity index (χ4n) is 4.24. The van der Waals surface area contributed by atoms with Crippen LogP contribution in [0.4, 0.5) is 21.0 Å². The maximum absolute atomic E-state index is 12.8. The molecule has 0 saturated heterocycles. The van der Waals surface area contributed by atoms with Gasteiger partial charge in [0.25, 0.3) is 0 Å². The summed E-state index contributed by atoms with van der Waals surface area (Å²) in [6, 6.07) is 7.81. The van der Waals surface area contributed by atoms with Crippen molar-refractivity contribution in [3.8, 4) is 11.3 Å². The zero-order chi connectivity index (χ0) is 30.8. The van der Waals surface area contributed by atoms with Crippen molar-refractivity contribution < 1.29 is 19.4 Å². The molecule has 2 amide bonds. The van der Waals surface area contributed by atoms with Crippen LogP contribution in [0.5, 0.6) is 0 Å². The van der Waals surface area contributed by atoms with E-state index in [2.05, 4.69) is 55.1 Å². The van der Waals surface area contributed by atoms with Crippen LogP contribution in [0.3, 0.4) is 0 Å². The average Bonchev–Trinajstić information content (AvgIpc) is 3.62. The van der Waals surface area contributed by atoms with Gasteiger partial charge in [-0.2, -0.15) is 5.10 Å². The van der Waals surface area contributed by atoms with Crippen molar-refractivity contribution in [2.24, 2.45) is 0 Å². The summed E-state index contributed by atoms with van der Waals surface area (Å²) in [7, 11) is 0. The highest BCUT2D eigenvalue weighted by Crippen LogP contribution is 2.33. The van der Waals surface area contributed by atoms with Crippen LogP contribution in [-0.4, -0.2) is 58.7 Å². The first kappa shape index (κ1) is 30.6. The molecule has 0 unspecified atom stereocenters. The molecule has 0 radical (unpaired) electrons. The van der Waals surface area contributed by atoms with Gasteiger partial charge in [-0.3, -0.25) is 14.9 Å². The molecule has 12 nitrogen and oxygen atoms in total. The van der Waals surface area contributed by atoms with Gasteiger partial charge in [-0.1, -0.05) is 0 Å². The van der Waals surface area contributed by atoms with Crippen LogP contribution in [0.1, 0.15) is 54.5 Å². The molecule has 0 aliphatic rings. The summed E-state index contributed by atoms with van der Waals surface area (Å²) in [5, 5.41) is 15.2. The third kappa shape index (κ3) is 6.90. The van der Waals surface area contributed by atoms with E-state index in [-0.39, 0.29) is 18.2 Å². The Morgan fingerprint density at radius 3 is 2.31 bits per heavy atom. The minimum atomic E-state index is -1.10. The molecule has 5 rings (SSSR count). The molecule has 222 valence electrons. The SMILES string of the molecule is CC(C)OC(=O)N(c1c[nH]c2ccc(-c3cnn(C(C)C)c3)nc12)C(C)(C)C.O=C(O)Nc1c[nH]c2ccc(Br)nc12. The fraction of sp³-hybridized carbons (Fsp3) is 0.345. The van der Waals surface area contributed by atoms with Gasteiger partial charge in [-0.25, -0.2) is 19.6 Å². The summed E-state index contributed by atoms with van der Waals surface area (Å²) < 4.78 is 8.06. The van der Waals surface area contributed by atoms with Gasteiger partial charge in [-0.15, -0.1) is 0 Å². The lowest BCUT2D eigenvalue weighted by molar-refractivity contribution is 0.118. The van der Waals surface area contributed by atoms with Crippen molar-refractivity contribution in [1.82, 2.24) is 29.7 Å². The Hall–Kier alpha value is -4.39. The number of nitrogens with zero attached hydrogens (tertiary/aromatic N) is 5. The fourth-order valence-corrected chi connectivity index (χ4v) is 4.55. The summed E-state index contributed by atoms with van der Waals surface area (Å²) in [6.07, 6.45) is 5.49. The van der Waals surface area contributed by atoms with Gasteiger partial charge in [0.2, 0.25) is 0 Å². The molecule has 5 heterocycles. The van der Waals surface area contributed by atoms with Crippen molar-refractivity contribution in [1.29, 1.82) is 0 Å². The first-order chi connectivity index (χ1) is 19.7. The molecule has 5 aromatic heterocycles. The standard InChI is InChI=1S/C21H29N5O2.C8H6BrN3O2/c1-13(2)25-12-15(10-23-25)16-8-9-17-19(24-16)18(11-22-17)26(21(5,6)7)20(27)28-14(3)4;9-6-2-1-4-7(12-6)5(3-10-4)11-8(13)14/h8-14,22H,1-7H3;1-3,10-11H,(H,13,14). The molecule has 13 heteroatoms. The highest BCUT2D eigenvalue weighted by molar-refractivity contribution is 9.10. The summed E-state index contributed by atoms with van der Waals surface area (Å²) in [4.78, 5) is 40.0. The number of amides is 2. The monoisotopic (exact) mass is 638 g/mol. The second kappa shape index (κ2) is 12.2. The summed E-state index contributed by atoms with van der Waals surface area (Å²) >= 11 is 3.22. The van der Waals surface area contributed by atoms with Gasteiger partial charge in [-0.05, 0) is 88.7 Å². The molecule has 0 aliphatic heterocycles. The lowest BCUT2D eigenvalue weighted by atomic mass is 10.1. The Labute approximate surface area is 251 Å². The predicted octanol–water partition coefficient (Wildman–Crippen LogP) is 7.57. The maximum atomic E-state index is 12.8. The van der Waals surface area contributed by atoms with Crippen LogP contribution in [0, 0.1) is 0 Å². The Morgan fingerprint density at radius 2 is 1.69 bits per heavy atom. The lowest BCUT2D eigenvalue weighted by Gasteiger charge is -2.34. The number of carbonyl (C=O) groups excluding carboxylic acids is 1. The number of aromatic nitrogens is 6. The minimum Gasteiger partial charge on any atom is -0.465 e. The van der Waals surface area contributed by atoms with E-state index in [1.165, 1.54) is 0 Å².